The maximum absolute atomic E-state index is 4.27. The molecule has 2 nitrogen and oxygen atoms in total. The molecule has 0 radical (unpaired) electrons. The van der Waals surface area contributed by atoms with Gasteiger partial charge in [-0.2, -0.15) is 0 Å². The third-order valence-corrected chi connectivity index (χ3v) is 1.89. The molecule has 0 fully saturated rings. The van der Waals surface area contributed by atoms with Crippen LogP contribution in [0, 0.1) is 0 Å². The lowest BCUT2D eigenvalue weighted by Gasteiger charge is -2.06. The van der Waals surface area contributed by atoms with Crippen molar-refractivity contribution in [2.45, 2.75) is 6.42 Å². The minimum absolute atomic E-state index is 1.04. The highest BCUT2D eigenvalue weighted by Crippen LogP contribution is 2.08. The zero-order valence-electron chi connectivity index (χ0n) is 6.50. The molecular weight excluding hydrogens is 251 g/mol. The summed E-state index contributed by atoms with van der Waals surface area (Å²) in [4.78, 5) is 6.29. The van der Waals surface area contributed by atoms with Gasteiger partial charge < -0.3 is 4.90 Å². The second-order valence-electron chi connectivity index (χ2n) is 2.34. The zero-order chi connectivity index (χ0) is 8.10. The fraction of sp³-hybridized carbons (Fsp3) is 0.375. The number of alkyl halides is 1. The predicted molar refractivity (Wildman–Crippen MR) is 57.0 cm³/mol. The summed E-state index contributed by atoms with van der Waals surface area (Å²) < 4.78 is 1.12. The van der Waals surface area contributed by atoms with Crippen LogP contribution in [0.25, 0.3) is 0 Å². The van der Waals surface area contributed by atoms with Gasteiger partial charge in [-0.3, -0.25) is 4.99 Å². The van der Waals surface area contributed by atoms with E-state index in [0.717, 1.165) is 16.5 Å². The summed E-state index contributed by atoms with van der Waals surface area (Å²) in [6.07, 6.45) is 8.86. The summed E-state index contributed by atoms with van der Waals surface area (Å²) in [6, 6.07) is 0. The molecule has 1 rings (SSSR count). The Morgan fingerprint density at radius 3 is 3.18 bits per heavy atom. The van der Waals surface area contributed by atoms with Gasteiger partial charge in [0.05, 0.1) is 5.70 Å². The molecule has 0 aromatic heterocycles. The van der Waals surface area contributed by atoms with Crippen molar-refractivity contribution < 1.29 is 0 Å². The summed E-state index contributed by atoms with van der Waals surface area (Å²) in [6.45, 7) is 0. The standard InChI is InChI=1S/C8H11IN2/c1-11-6-2-5-10-8(7-11)3-4-9/h2,5-7H,3-4H2,1H3. The molecule has 1 aliphatic heterocycles. The first-order valence-electron chi connectivity index (χ1n) is 3.52. The Balaban J connectivity index is 2.63. The Hall–Kier alpha value is -0.320. The zero-order valence-corrected chi connectivity index (χ0v) is 8.65. The van der Waals surface area contributed by atoms with Crippen LogP contribution in [0.5, 0.6) is 0 Å². The molecule has 1 heterocycles. The van der Waals surface area contributed by atoms with Crippen LogP contribution in [-0.4, -0.2) is 22.6 Å². The molecule has 0 saturated heterocycles. The lowest BCUT2D eigenvalue weighted by Crippen LogP contribution is -2.00. The molecule has 1 aliphatic rings. The molecular formula is C8H11IN2. The first-order chi connectivity index (χ1) is 5.33. The minimum atomic E-state index is 1.04. The number of nitrogens with zero attached hydrogens (tertiary/aromatic N) is 2. The van der Waals surface area contributed by atoms with Crippen molar-refractivity contribution >= 4 is 28.8 Å². The maximum Gasteiger partial charge on any atom is 0.0572 e. The maximum atomic E-state index is 4.27. The second kappa shape index (κ2) is 4.54. The van der Waals surface area contributed by atoms with Gasteiger partial charge in [0.1, 0.15) is 0 Å². The van der Waals surface area contributed by atoms with Crippen LogP contribution in [-0.2, 0) is 0 Å². The lowest BCUT2D eigenvalue weighted by molar-refractivity contribution is 0.618. The van der Waals surface area contributed by atoms with Gasteiger partial charge in [-0.15, -0.1) is 0 Å². The van der Waals surface area contributed by atoms with Crippen molar-refractivity contribution in [2.24, 2.45) is 4.99 Å². The fourth-order valence-electron chi connectivity index (χ4n) is 0.850. The second-order valence-corrected chi connectivity index (χ2v) is 3.42. The van der Waals surface area contributed by atoms with E-state index in [0.29, 0.717) is 0 Å². The smallest absolute Gasteiger partial charge is 0.0572 e. The van der Waals surface area contributed by atoms with Crippen molar-refractivity contribution in [1.29, 1.82) is 0 Å². The molecule has 0 unspecified atom stereocenters. The molecule has 0 aromatic rings. The van der Waals surface area contributed by atoms with Crippen LogP contribution in [0.3, 0.4) is 0 Å². The summed E-state index contributed by atoms with van der Waals surface area (Å²) >= 11 is 2.36. The van der Waals surface area contributed by atoms with Crippen LogP contribution in [0.2, 0.25) is 0 Å². The van der Waals surface area contributed by atoms with E-state index >= 15 is 0 Å². The molecule has 0 atom stereocenters. The Morgan fingerprint density at radius 2 is 2.45 bits per heavy atom. The first-order valence-corrected chi connectivity index (χ1v) is 5.05. The van der Waals surface area contributed by atoms with E-state index in [2.05, 4.69) is 33.8 Å². The Kier molecular flexibility index (Phi) is 3.62. The topological polar surface area (TPSA) is 15.6 Å². The van der Waals surface area contributed by atoms with Gasteiger partial charge in [0.2, 0.25) is 0 Å². The van der Waals surface area contributed by atoms with Gasteiger partial charge >= 0.3 is 0 Å². The van der Waals surface area contributed by atoms with Crippen molar-refractivity contribution in [3.63, 3.8) is 0 Å². The third kappa shape index (κ3) is 3.05. The molecule has 0 N–H and O–H groups in total. The lowest BCUT2D eigenvalue weighted by atomic mass is 10.4. The first kappa shape index (κ1) is 8.77. The van der Waals surface area contributed by atoms with E-state index in [1.54, 1.807) is 0 Å². The fourth-order valence-corrected chi connectivity index (χ4v) is 1.40. The van der Waals surface area contributed by atoms with Crippen molar-refractivity contribution in [2.75, 3.05) is 11.5 Å². The minimum Gasteiger partial charge on any atom is -0.355 e. The van der Waals surface area contributed by atoms with E-state index in [4.69, 9.17) is 0 Å². The van der Waals surface area contributed by atoms with Crippen LogP contribution in [0.15, 0.2) is 29.2 Å². The van der Waals surface area contributed by atoms with E-state index in [1.807, 2.05) is 30.4 Å². The van der Waals surface area contributed by atoms with Gasteiger partial charge in [-0.05, 0) is 6.08 Å². The molecule has 3 heteroatoms. The van der Waals surface area contributed by atoms with Crippen molar-refractivity contribution in [1.82, 2.24) is 4.90 Å². The molecule has 0 aromatic carbocycles. The van der Waals surface area contributed by atoms with Crippen LogP contribution < -0.4 is 0 Å². The molecule has 0 aliphatic carbocycles. The van der Waals surface area contributed by atoms with E-state index in [9.17, 15) is 0 Å². The Labute approximate surface area is 80.8 Å². The number of hydrogen-bond donors (Lipinski definition) is 0. The highest BCUT2D eigenvalue weighted by Gasteiger charge is 1.95. The number of aliphatic imine (C=N–C) groups is 1. The highest BCUT2D eigenvalue weighted by atomic mass is 127. The van der Waals surface area contributed by atoms with Crippen LogP contribution >= 0.6 is 22.6 Å². The van der Waals surface area contributed by atoms with Crippen molar-refractivity contribution in [3.8, 4) is 0 Å². The van der Waals surface area contributed by atoms with E-state index in [1.165, 1.54) is 0 Å². The van der Waals surface area contributed by atoms with Crippen LogP contribution in [0.1, 0.15) is 6.42 Å². The number of allylic oxidation sites excluding steroid dienone is 2. The summed E-state index contributed by atoms with van der Waals surface area (Å²) in [5, 5.41) is 0. The third-order valence-electron chi connectivity index (χ3n) is 1.35. The van der Waals surface area contributed by atoms with Crippen LogP contribution in [0.4, 0.5) is 0 Å². The number of hydrogen-bond acceptors (Lipinski definition) is 2. The average molecular weight is 262 g/mol. The molecule has 0 saturated carbocycles. The van der Waals surface area contributed by atoms with Gasteiger partial charge in [0.25, 0.3) is 0 Å². The van der Waals surface area contributed by atoms with Gasteiger partial charge in [0, 0.05) is 36.5 Å². The number of rotatable bonds is 2. The predicted octanol–water partition coefficient (Wildman–Crippen LogP) is 2.18. The van der Waals surface area contributed by atoms with Crippen molar-refractivity contribution in [3.05, 3.63) is 24.2 Å². The highest BCUT2D eigenvalue weighted by molar-refractivity contribution is 14.1. The van der Waals surface area contributed by atoms with E-state index < -0.39 is 0 Å². The summed E-state index contributed by atoms with van der Waals surface area (Å²) in [5.74, 6) is 0. The van der Waals surface area contributed by atoms with Gasteiger partial charge in [-0.25, -0.2) is 0 Å². The molecule has 0 bridgehead atoms. The number of halogens is 1. The summed E-state index contributed by atoms with van der Waals surface area (Å²) in [7, 11) is 2.01. The molecule has 0 spiro atoms. The molecule has 60 valence electrons. The SMILES string of the molecule is CN1C=CC=NC(CCI)=C1. The molecule has 0 amide bonds. The monoisotopic (exact) mass is 262 g/mol. The normalized spacial score (nSPS) is 16.5. The Bertz CT molecular complexity index is 206. The van der Waals surface area contributed by atoms with Gasteiger partial charge in [0.15, 0.2) is 0 Å². The van der Waals surface area contributed by atoms with Gasteiger partial charge in [-0.1, -0.05) is 22.6 Å². The average Bonchev–Trinajstić information content (AvgIpc) is 2.15. The van der Waals surface area contributed by atoms with E-state index in [-0.39, 0.29) is 0 Å². The molecule has 11 heavy (non-hydrogen) atoms. The quantitative estimate of drug-likeness (QED) is 0.550. The Morgan fingerprint density at radius 1 is 1.64 bits per heavy atom. The largest absolute Gasteiger partial charge is 0.355 e. The summed E-state index contributed by atoms with van der Waals surface area (Å²) in [5.41, 5.74) is 1.15.